The van der Waals surface area contributed by atoms with Crippen LogP contribution < -0.4 is 5.32 Å². The molecule has 2 N–H and O–H groups in total. The molecule has 2 heterocycles. The van der Waals surface area contributed by atoms with Gasteiger partial charge in [-0.3, -0.25) is 9.48 Å². The number of carbonyl (C=O) groups excluding carboxylic acids is 1. The minimum atomic E-state index is 0.145. The zero-order valence-electron chi connectivity index (χ0n) is 17.7. The van der Waals surface area contributed by atoms with Crippen LogP contribution in [0.2, 0.25) is 0 Å². The van der Waals surface area contributed by atoms with Crippen molar-refractivity contribution in [2.45, 2.75) is 58.3 Å². The Labute approximate surface area is 172 Å². The highest BCUT2D eigenvalue weighted by atomic mass is 16.1. The van der Waals surface area contributed by atoms with Gasteiger partial charge in [0.15, 0.2) is 0 Å². The van der Waals surface area contributed by atoms with Crippen LogP contribution in [0.3, 0.4) is 0 Å². The summed E-state index contributed by atoms with van der Waals surface area (Å²) in [5.74, 6) is 2.34. The first-order valence-electron chi connectivity index (χ1n) is 10.7. The van der Waals surface area contributed by atoms with Gasteiger partial charge in [-0.15, -0.1) is 0 Å². The summed E-state index contributed by atoms with van der Waals surface area (Å²) >= 11 is 0. The van der Waals surface area contributed by atoms with Gasteiger partial charge in [0, 0.05) is 31.6 Å². The third kappa shape index (κ3) is 4.36. The second kappa shape index (κ2) is 8.39. The van der Waals surface area contributed by atoms with Crippen molar-refractivity contribution in [1.29, 1.82) is 0 Å². The number of aryl methyl sites for hydroxylation is 2. The summed E-state index contributed by atoms with van der Waals surface area (Å²) in [4.78, 5) is 20.6. The molecule has 0 aliphatic heterocycles. The number of fused-ring (bicyclic) bond motifs is 1. The van der Waals surface area contributed by atoms with Crippen molar-refractivity contribution in [3.8, 4) is 0 Å². The summed E-state index contributed by atoms with van der Waals surface area (Å²) < 4.78 is 1.89. The van der Waals surface area contributed by atoms with Gasteiger partial charge in [0.1, 0.15) is 5.82 Å². The largest absolute Gasteiger partial charge is 0.356 e. The zero-order chi connectivity index (χ0) is 20.4. The van der Waals surface area contributed by atoms with Crippen LogP contribution >= 0.6 is 0 Å². The zero-order valence-corrected chi connectivity index (χ0v) is 17.7. The van der Waals surface area contributed by atoms with Crippen LogP contribution in [0.1, 0.15) is 60.8 Å². The molecule has 0 atom stereocenters. The molecule has 0 radical (unpaired) electrons. The molecular weight excluding hydrogens is 362 g/mol. The fraction of sp³-hybridized carbons (Fsp3) is 0.522. The predicted octanol–water partition coefficient (Wildman–Crippen LogP) is 3.94. The number of para-hydroxylation sites is 2. The molecule has 29 heavy (non-hydrogen) atoms. The number of amides is 1. The summed E-state index contributed by atoms with van der Waals surface area (Å²) in [6.45, 7) is 4.87. The molecule has 1 fully saturated rings. The van der Waals surface area contributed by atoms with Gasteiger partial charge in [-0.05, 0) is 69.6 Å². The number of rotatable bonds is 6. The van der Waals surface area contributed by atoms with E-state index in [0.717, 1.165) is 66.9 Å². The summed E-state index contributed by atoms with van der Waals surface area (Å²) in [6, 6.07) is 8.22. The molecule has 0 bridgehead atoms. The number of benzene rings is 1. The van der Waals surface area contributed by atoms with Crippen molar-refractivity contribution in [2.24, 2.45) is 13.0 Å². The average molecular weight is 394 g/mol. The van der Waals surface area contributed by atoms with E-state index >= 15 is 0 Å². The first-order chi connectivity index (χ1) is 14.0. The Morgan fingerprint density at radius 3 is 2.66 bits per heavy atom. The number of hydrogen-bond donors (Lipinski definition) is 2. The van der Waals surface area contributed by atoms with E-state index in [1.54, 1.807) is 0 Å². The maximum atomic E-state index is 12.3. The van der Waals surface area contributed by atoms with E-state index in [0.29, 0.717) is 18.3 Å². The molecule has 6 heteroatoms. The Balaban J connectivity index is 1.22. The predicted molar refractivity (Wildman–Crippen MR) is 115 cm³/mol. The summed E-state index contributed by atoms with van der Waals surface area (Å²) in [6.07, 6.45) is 5.84. The van der Waals surface area contributed by atoms with Gasteiger partial charge >= 0.3 is 0 Å². The maximum absolute atomic E-state index is 12.3. The molecule has 154 valence electrons. The van der Waals surface area contributed by atoms with E-state index in [-0.39, 0.29) is 5.91 Å². The molecule has 6 nitrogen and oxygen atoms in total. The molecular formula is C23H31N5O. The van der Waals surface area contributed by atoms with Gasteiger partial charge in [0.25, 0.3) is 0 Å². The second-order valence-corrected chi connectivity index (χ2v) is 8.43. The molecule has 1 aromatic carbocycles. The molecule has 1 aliphatic rings. The Morgan fingerprint density at radius 2 is 1.97 bits per heavy atom. The molecule has 0 saturated heterocycles. The Morgan fingerprint density at radius 1 is 1.21 bits per heavy atom. The van der Waals surface area contributed by atoms with Gasteiger partial charge in [0.05, 0.1) is 16.7 Å². The van der Waals surface area contributed by atoms with Gasteiger partial charge in [0.2, 0.25) is 5.91 Å². The van der Waals surface area contributed by atoms with Crippen LogP contribution in [0, 0.1) is 19.8 Å². The lowest BCUT2D eigenvalue weighted by atomic mass is 9.81. The van der Waals surface area contributed by atoms with Gasteiger partial charge in [-0.25, -0.2) is 4.98 Å². The van der Waals surface area contributed by atoms with E-state index < -0.39 is 0 Å². The van der Waals surface area contributed by atoms with E-state index in [9.17, 15) is 4.79 Å². The molecule has 2 aromatic heterocycles. The Bertz CT molecular complexity index is 961. The molecule has 0 spiro atoms. The minimum Gasteiger partial charge on any atom is -0.356 e. The Kier molecular flexibility index (Phi) is 5.69. The minimum absolute atomic E-state index is 0.145. The lowest BCUT2D eigenvalue weighted by Crippen LogP contribution is -2.31. The van der Waals surface area contributed by atoms with E-state index in [2.05, 4.69) is 34.5 Å². The first kappa shape index (κ1) is 19.7. The third-order valence-corrected chi connectivity index (χ3v) is 6.49. The number of H-pyrrole nitrogens is 1. The van der Waals surface area contributed by atoms with Crippen LogP contribution in [0.4, 0.5) is 0 Å². The number of hydrogen-bond acceptors (Lipinski definition) is 3. The molecule has 3 aromatic rings. The van der Waals surface area contributed by atoms with Crippen molar-refractivity contribution in [3.05, 3.63) is 47.0 Å². The van der Waals surface area contributed by atoms with Crippen molar-refractivity contribution in [2.75, 3.05) is 6.54 Å². The van der Waals surface area contributed by atoms with Crippen molar-refractivity contribution < 1.29 is 4.79 Å². The number of carbonyl (C=O) groups is 1. The number of nitrogens with one attached hydrogen (secondary N) is 2. The van der Waals surface area contributed by atoms with Crippen LogP contribution in [-0.4, -0.2) is 32.2 Å². The van der Waals surface area contributed by atoms with Crippen LogP contribution in [0.25, 0.3) is 11.0 Å². The fourth-order valence-electron chi connectivity index (χ4n) is 4.57. The lowest BCUT2D eigenvalue weighted by molar-refractivity contribution is -0.121. The Hall–Kier alpha value is -2.63. The molecule has 0 unspecified atom stereocenters. The topological polar surface area (TPSA) is 75.6 Å². The lowest BCUT2D eigenvalue weighted by Gasteiger charge is -2.27. The summed E-state index contributed by atoms with van der Waals surface area (Å²) in [7, 11) is 1.95. The van der Waals surface area contributed by atoms with Crippen molar-refractivity contribution >= 4 is 16.9 Å². The number of aromatic amines is 1. The third-order valence-electron chi connectivity index (χ3n) is 6.49. The molecule has 1 amide bonds. The van der Waals surface area contributed by atoms with Crippen LogP contribution in [0.5, 0.6) is 0 Å². The molecule has 1 aliphatic carbocycles. The quantitative estimate of drug-likeness (QED) is 0.666. The average Bonchev–Trinajstić information content (AvgIpc) is 3.26. The summed E-state index contributed by atoms with van der Waals surface area (Å²) in [5.41, 5.74) is 5.56. The highest BCUT2D eigenvalue weighted by Gasteiger charge is 2.25. The number of nitrogens with zero attached hydrogens (tertiary/aromatic N) is 3. The summed E-state index contributed by atoms with van der Waals surface area (Å²) in [5, 5.41) is 7.59. The fourth-order valence-corrected chi connectivity index (χ4v) is 4.57. The van der Waals surface area contributed by atoms with Crippen molar-refractivity contribution in [3.63, 3.8) is 0 Å². The highest BCUT2D eigenvalue weighted by Crippen LogP contribution is 2.35. The van der Waals surface area contributed by atoms with Crippen LogP contribution in [-0.2, 0) is 18.3 Å². The standard InChI is InChI=1S/C23H31N5O/c1-15-19(16(2)28(3)27-15)12-13-22(29)24-14-17-8-10-18(11-9-17)23-25-20-6-4-5-7-21(20)26-23/h4-7,17-18H,8-14H2,1-3H3,(H,24,29)(H,25,26). The monoisotopic (exact) mass is 393 g/mol. The maximum Gasteiger partial charge on any atom is 0.220 e. The van der Waals surface area contributed by atoms with E-state index in [4.69, 9.17) is 4.98 Å². The SMILES string of the molecule is Cc1nn(C)c(C)c1CCC(=O)NCC1CCC(c2nc3ccccc3[nH]2)CC1. The van der Waals surface area contributed by atoms with Crippen LogP contribution in [0.15, 0.2) is 24.3 Å². The van der Waals surface area contributed by atoms with E-state index in [1.165, 1.54) is 5.56 Å². The second-order valence-electron chi connectivity index (χ2n) is 8.43. The van der Waals surface area contributed by atoms with Crippen molar-refractivity contribution in [1.82, 2.24) is 25.1 Å². The molecule has 1 saturated carbocycles. The van der Waals surface area contributed by atoms with E-state index in [1.807, 2.05) is 30.8 Å². The molecule has 4 rings (SSSR count). The van der Waals surface area contributed by atoms with Gasteiger partial charge in [-0.1, -0.05) is 12.1 Å². The van der Waals surface area contributed by atoms with Gasteiger partial charge < -0.3 is 10.3 Å². The number of aromatic nitrogens is 4. The first-order valence-corrected chi connectivity index (χ1v) is 10.7. The number of imidazole rings is 1. The normalized spacial score (nSPS) is 19.6. The highest BCUT2D eigenvalue weighted by molar-refractivity contribution is 5.76. The smallest absolute Gasteiger partial charge is 0.220 e. The van der Waals surface area contributed by atoms with Gasteiger partial charge in [-0.2, -0.15) is 5.10 Å².